The van der Waals surface area contributed by atoms with E-state index in [2.05, 4.69) is 4.98 Å². The van der Waals surface area contributed by atoms with Gasteiger partial charge in [-0.25, -0.2) is 4.98 Å². The molecule has 0 unspecified atom stereocenters. The molecular formula is C13H8Cl2N2O. The zero-order valence-electron chi connectivity index (χ0n) is 9.15. The van der Waals surface area contributed by atoms with Gasteiger partial charge in [0.2, 0.25) is 5.89 Å². The quantitative estimate of drug-likeness (QED) is 0.672. The van der Waals surface area contributed by atoms with E-state index in [1.807, 2.05) is 12.1 Å². The number of oxazole rings is 1. The van der Waals surface area contributed by atoms with Crippen molar-refractivity contribution in [2.45, 2.75) is 0 Å². The Kier molecular flexibility index (Phi) is 2.65. The highest BCUT2D eigenvalue weighted by Crippen LogP contribution is 2.31. The SMILES string of the molecule is Nc1cccc2oc(-c3ccc(Cl)c(Cl)c3)nc12. The van der Waals surface area contributed by atoms with Crippen LogP contribution >= 0.6 is 23.2 Å². The number of fused-ring (bicyclic) bond motifs is 1. The third-order valence-corrected chi connectivity index (χ3v) is 3.36. The van der Waals surface area contributed by atoms with Gasteiger partial charge >= 0.3 is 0 Å². The first-order valence-electron chi connectivity index (χ1n) is 5.25. The molecule has 0 aliphatic heterocycles. The molecule has 0 aliphatic carbocycles. The predicted molar refractivity (Wildman–Crippen MR) is 73.9 cm³/mol. The maximum absolute atomic E-state index is 5.97. The van der Waals surface area contributed by atoms with E-state index in [1.54, 1.807) is 24.3 Å². The fourth-order valence-electron chi connectivity index (χ4n) is 1.72. The Labute approximate surface area is 113 Å². The van der Waals surface area contributed by atoms with Gasteiger partial charge in [-0.1, -0.05) is 29.3 Å². The zero-order valence-corrected chi connectivity index (χ0v) is 10.7. The van der Waals surface area contributed by atoms with Crippen LogP contribution in [0.2, 0.25) is 10.0 Å². The van der Waals surface area contributed by atoms with E-state index in [-0.39, 0.29) is 0 Å². The summed E-state index contributed by atoms with van der Waals surface area (Å²) < 4.78 is 5.64. The van der Waals surface area contributed by atoms with Gasteiger partial charge in [0.1, 0.15) is 5.52 Å². The summed E-state index contributed by atoms with van der Waals surface area (Å²) in [6, 6.07) is 10.6. The highest BCUT2D eigenvalue weighted by atomic mass is 35.5. The van der Waals surface area contributed by atoms with E-state index in [0.29, 0.717) is 32.7 Å². The first kappa shape index (κ1) is 11.4. The fraction of sp³-hybridized carbons (Fsp3) is 0. The second kappa shape index (κ2) is 4.19. The number of hydrogen-bond donors (Lipinski definition) is 1. The van der Waals surface area contributed by atoms with E-state index in [1.165, 1.54) is 0 Å². The van der Waals surface area contributed by atoms with E-state index in [9.17, 15) is 0 Å². The minimum Gasteiger partial charge on any atom is -0.436 e. The summed E-state index contributed by atoms with van der Waals surface area (Å²) in [7, 11) is 0. The molecule has 2 aromatic carbocycles. The smallest absolute Gasteiger partial charge is 0.227 e. The molecule has 0 spiro atoms. The molecule has 0 aliphatic rings. The molecule has 0 fully saturated rings. The summed E-state index contributed by atoms with van der Waals surface area (Å²) >= 11 is 11.8. The lowest BCUT2D eigenvalue weighted by atomic mass is 10.2. The van der Waals surface area contributed by atoms with Crippen molar-refractivity contribution in [1.82, 2.24) is 4.98 Å². The van der Waals surface area contributed by atoms with Crippen LogP contribution in [-0.2, 0) is 0 Å². The second-order valence-corrected chi connectivity index (χ2v) is 4.66. The molecular weight excluding hydrogens is 271 g/mol. The van der Waals surface area contributed by atoms with Crippen molar-refractivity contribution in [3.8, 4) is 11.5 Å². The number of rotatable bonds is 1. The first-order valence-corrected chi connectivity index (χ1v) is 6.01. The van der Waals surface area contributed by atoms with Gasteiger partial charge in [0.25, 0.3) is 0 Å². The Balaban J connectivity index is 2.19. The van der Waals surface area contributed by atoms with E-state index >= 15 is 0 Å². The summed E-state index contributed by atoms with van der Waals surface area (Å²) in [4.78, 5) is 4.36. The molecule has 0 bridgehead atoms. The van der Waals surface area contributed by atoms with Crippen LogP contribution in [0.1, 0.15) is 0 Å². The Morgan fingerprint density at radius 3 is 2.61 bits per heavy atom. The molecule has 3 aromatic rings. The molecule has 5 heteroatoms. The molecule has 1 heterocycles. The maximum Gasteiger partial charge on any atom is 0.227 e. The van der Waals surface area contributed by atoms with Crippen LogP contribution in [0.4, 0.5) is 5.69 Å². The predicted octanol–water partition coefficient (Wildman–Crippen LogP) is 4.38. The number of halogens is 2. The molecule has 1 aromatic heterocycles. The molecule has 0 amide bonds. The van der Waals surface area contributed by atoms with Crippen molar-refractivity contribution in [2.24, 2.45) is 0 Å². The van der Waals surface area contributed by atoms with Gasteiger partial charge in [0, 0.05) is 5.56 Å². The van der Waals surface area contributed by atoms with E-state index < -0.39 is 0 Å². The van der Waals surface area contributed by atoms with Crippen LogP contribution in [0, 0.1) is 0 Å². The lowest BCUT2D eigenvalue weighted by molar-refractivity contribution is 0.620. The molecule has 0 saturated carbocycles. The summed E-state index contributed by atoms with van der Waals surface area (Å²) in [6.07, 6.45) is 0. The number of nitrogen functional groups attached to an aromatic ring is 1. The summed E-state index contributed by atoms with van der Waals surface area (Å²) in [5, 5.41) is 0.959. The molecule has 3 rings (SSSR count). The molecule has 0 saturated heterocycles. The number of anilines is 1. The van der Waals surface area contributed by atoms with Crippen LogP contribution in [0.5, 0.6) is 0 Å². The van der Waals surface area contributed by atoms with Gasteiger partial charge in [0.15, 0.2) is 5.58 Å². The van der Waals surface area contributed by atoms with Gasteiger partial charge in [-0.05, 0) is 30.3 Å². The normalized spacial score (nSPS) is 11.0. The lowest BCUT2D eigenvalue weighted by Crippen LogP contribution is -1.85. The average molecular weight is 279 g/mol. The van der Waals surface area contributed by atoms with Gasteiger partial charge in [-0.15, -0.1) is 0 Å². The summed E-state index contributed by atoms with van der Waals surface area (Å²) in [5.74, 6) is 0.474. The number of hydrogen-bond acceptors (Lipinski definition) is 3. The molecule has 0 atom stereocenters. The van der Waals surface area contributed by atoms with Crippen LogP contribution in [-0.4, -0.2) is 4.98 Å². The largest absolute Gasteiger partial charge is 0.436 e. The van der Waals surface area contributed by atoms with Crippen molar-refractivity contribution in [3.05, 3.63) is 46.4 Å². The molecule has 18 heavy (non-hydrogen) atoms. The molecule has 2 N–H and O–H groups in total. The highest BCUT2D eigenvalue weighted by Gasteiger charge is 2.11. The Morgan fingerprint density at radius 1 is 1.06 bits per heavy atom. The van der Waals surface area contributed by atoms with Gasteiger partial charge in [-0.2, -0.15) is 0 Å². The maximum atomic E-state index is 5.97. The molecule has 90 valence electrons. The fourth-order valence-corrected chi connectivity index (χ4v) is 2.02. The average Bonchev–Trinajstić information content (AvgIpc) is 2.78. The van der Waals surface area contributed by atoms with Gasteiger partial charge < -0.3 is 10.2 Å². The highest BCUT2D eigenvalue weighted by molar-refractivity contribution is 6.42. The monoisotopic (exact) mass is 278 g/mol. The van der Waals surface area contributed by atoms with Crippen molar-refractivity contribution >= 4 is 40.0 Å². The van der Waals surface area contributed by atoms with Crippen molar-refractivity contribution < 1.29 is 4.42 Å². The minimum atomic E-state index is 0.462. The zero-order chi connectivity index (χ0) is 12.7. The lowest BCUT2D eigenvalue weighted by Gasteiger charge is -1.97. The van der Waals surface area contributed by atoms with Crippen LogP contribution in [0.25, 0.3) is 22.6 Å². The topological polar surface area (TPSA) is 52.0 Å². The summed E-state index contributed by atoms with van der Waals surface area (Å²) in [6.45, 7) is 0. The Bertz CT molecular complexity index is 737. The van der Waals surface area contributed by atoms with Crippen LogP contribution in [0.3, 0.4) is 0 Å². The van der Waals surface area contributed by atoms with Gasteiger partial charge in [-0.3, -0.25) is 0 Å². The number of nitrogens with two attached hydrogens (primary N) is 1. The second-order valence-electron chi connectivity index (χ2n) is 3.84. The third kappa shape index (κ3) is 1.82. The third-order valence-electron chi connectivity index (χ3n) is 2.62. The van der Waals surface area contributed by atoms with Crippen molar-refractivity contribution in [2.75, 3.05) is 5.73 Å². The number of aromatic nitrogens is 1. The Hall–Kier alpha value is -1.71. The number of nitrogens with zero attached hydrogens (tertiary/aromatic N) is 1. The van der Waals surface area contributed by atoms with Crippen molar-refractivity contribution in [3.63, 3.8) is 0 Å². The summed E-state index contributed by atoms with van der Waals surface area (Å²) in [5.41, 5.74) is 8.48. The number of para-hydroxylation sites is 1. The van der Waals surface area contributed by atoms with E-state index in [0.717, 1.165) is 5.56 Å². The molecule has 3 nitrogen and oxygen atoms in total. The standard InChI is InChI=1S/C13H8Cl2N2O/c14-8-5-4-7(6-9(8)15)13-17-12-10(16)2-1-3-11(12)18-13/h1-6H,16H2. The van der Waals surface area contributed by atoms with E-state index in [4.69, 9.17) is 33.4 Å². The minimum absolute atomic E-state index is 0.462. The van der Waals surface area contributed by atoms with Crippen LogP contribution in [0.15, 0.2) is 40.8 Å². The Morgan fingerprint density at radius 2 is 1.89 bits per heavy atom. The number of benzene rings is 2. The molecule has 0 radical (unpaired) electrons. The van der Waals surface area contributed by atoms with Gasteiger partial charge in [0.05, 0.1) is 15.7 Å². The van der Waals surface area contributed by atoms with Crippen LogP contribution < -0.4 is 5.73 Å². The van der Waals surface area contributed by atoms with Crippen molar-refractivity contribution in [1.29, 1.82) is 0 Å². The first-order chi connectivity index (χ1) is 8.65.